The number of nitrogens with one attached hydrogen (secondary N) is 1. The van der Waals surface area contributed by atoms with Crippen molar-refractivity contribution in [1.82, 2.24) is 24.0 Å². The topological polar surface area (TPSA) is 118 Å². The van der Waals surface area contributed by atoms with Crippen LogP contribution in [-0.4, -0.2) is 69.9 Å². The predicted octanol–water partition coefficient (Wildman–Crippen LogP) is 1.75. The minimum Gasteiger partial charge on any atom is -0.328 e. The van der Waals surface area contributed by atoms with Crippen molar-refractivity contribution in [3.8, 4) is 0 Å². The molecule has 32 heavy (non-hydrogen) atoms. The molecule has 0 bridgehead atoms. The van der Waals surface area contributed by atoms with Crippen molar-refractivity contribution in [2.75, 3.05) is 25.0 Å². The molecular weight excluding hydrogens is 452 g/mol. The highest BCUT2D eigenvalue weighted by molar-refractivity contribution is 7.88. The Morgan fingerprint density at radius 1 is 1.22 bits per heavy atom. The van der Waals surface area contributed by atoms with Gasteiger partial charge in [-0.1, -0.05) is 32.1 Å². The molecule has 1 aliphatic heterocycles. The molecular formula is C20H28N6O4S2. The second-order valence-electron chi connectivity index (χ2n) is 8.29. The van der Waals surface area contributed by atoms with Gasteiger partial charge in [-0.05, 0) is 18.4 Å². The maximum atomic E-state index is 13.1. The number of hydrogen-bond donors (Lipinski definition) is 1. The van der Waals surface area contributed by atoms with Crippen LogP contribution in [0, 0.1) is 5.92 Å². The van der Waals surface area contributed by atoms with E-state index in [1.165, 1.54) is 32.9 Å². The van der Waals surface area contributed by atoms with Crippen LogP contribution in [0.25, 0.3) is 0 Å². The van der Waals surface area contributed by atoms with Gasteiger partial charge in [0.25, 0.3) is 0 Å². The smallest absolute Gasteiger partial charge is 0.248 e. The summed E-state index contributed by atoms with van der Waals surface area (Å²) < 4.78 is 28.0. The number of anilines is 1. The first-order valence-electron chi connectivity index (χ1n) is 10.9. The molecule has 1 aliphatic carbocycles. The van der Waals surface area contributed by atoms with Gasteiger partial charge in [-0.15, -0.1) is 11.3 Å². The maximum absolute atomic E-state index is 13.1. The van der Waals surface area contributed by atoms with Gasteiger partial charge in [0.1, 0.15) is 6.04 Å². The van der Waals surface area contributed by atoms with Crippen molar-refractivity contribution in [2.24, 2.45) is 5.92 Å². The van der Waals surface area contributed by atoms with E-state index in [4.69, 9.17) is 0 Å². The van der Waals surface area contributed by atoms with Crippen LogP contribution < -0.4 is 5.32 Å². The summed E-state index contributed by atoms with van der Waals surface area (Å²) in [5, 5.41) is 9.05. The fourth-order valence-corrected chi connectivity index (χ4v) is 6.29. The molecule has 1 atom stereocenters. The molecule has 2 aliphatic rings. The molecule has 1 saturated carbocycles. The first-order valence-corrected chi connectivity index (χ1v) is 13.4. The van der Waals surface area contributed by atoms with Crippen LogP contribution in [0.3, 0.4) is 0 Å². The summed E-state index contributed by atoms with van der Waals surface area (Å²) in [6.07, 6.45) is 10.9. The van der Waals surface area contributed by atoms with Gasteiger partial charge in [0.2, 0.25) is 21.8 Å². The SMILES string of the molecule is O=C(Nc1nccs1)[C@H](CC1CCCCC1)N1CCN(S(=O)(=O)Cn2cccn2)CC1=O. The molecule has 0 spiro atoms. The number of thiazole rings is 1. The summed E-state index contributed by atoms with van der Waals surface area (Å²) in [6, 6.07) is 1.01. The molecule has 2 aromatic rings. The first-order chi connectivity index (χ1) is 15.4. The van der Waals surface area contributed by atoms with Crippen LogP contribution in [-0.2, 0) is 25.5 Å². The molecule has 12 heteroatoms. The fraction of sp³-hybridized carbons (Fsp3) is 0.600. The van der Waals surface area contributed by atoms with E-state index in [1.54, 1.807) is 28.7 Å². The Labute approximate surface area is 191 Å². The second kappa shape index (κ2) is 10.1. The Hall–Kier alpha value is -2.31. The highest BCUT2D eigenvalue weighted by Crippen LogP contribution is 2.30. The van der Waals surface area contributed by atoms with Crippen LogP contribution in [0.5, 0.6) is 0 Å². The Balaban J connectivity index is 1.46. The van der Waals surface area contributed by atoms with Crippen molar-refractivity contribution in [3.05, 3.63) is 30.0 Å². The van der Waals surface area contributed by atoms with E-state index in [1.807, 2.05) is 0 Å². The lowest BCUT2D eigenvalue weighted by Gasteiger charge is -2.39. The highest BCUT2D eigenvalue weighted by atomic mass is 32.2. The van der Waals surface area contributed by atoms with E-state index in [0.717, 1.165) is 25.7 Å². The summed E-state index contributed by atoms with van der Waals surface area (Å²) in [6.45, 7) is 0.0657. The van der Waals surface area contributed by atoms with E-state index in [0.29, 0.717) is 17.5 Å². The van der Waals surface area contributed by atoms with Crippen molar-refractivity contribution in [2.45, 2.75) is 50.4 Å². The van der Waals surface area contributed by atoms with E-state index >= 15 is 0 Å². The third-order valence-corrected chi connectivity index (χ3v) is 8.47. The number of carbonyl (C=O) groups is 2. The molecule has 1 N–H and O–H groups in total. The van der Waals surface area contributed by atoms with E-state index in [9.17, 15) is 18.0 Å². The summed E-state index contributed by atoms with van der Waals surface area (Å²) in [5.74, 6) is -0.546. The number of aromatic nitrogens is 3. The predicted molar refractivity (Wildman–Crippen MR) is 120 cm³/mol. The average Bonchev–Trinajstić information content (AvgIpc) is 3.47. The van der Waals surface area contributed by atoms with Crippen molar-refractivity contribution in [3.63, 3.8) is 0 Å². The number of amides is 2. The van der Waals surface area contributed by atoms with Gasteiger partial charge in [0, 0.05) is 37.1 Å². The van der Waals surface area contributed by atoms with Gasteiger partial charge in [-0.2, -0.15) is 9.40 Å². The molecule has 0 radical (unpaired) electrons. The molecule has 174 valence electrons. The van der Waals surface area contributed by atoms with Crippen molar-refractivity contribution in [1.29, 1.82) is 0 Å². The Morgan fingerprint density at radius 3 is 2.69 bits per heavy atom. The maximum Gasteiger partial charge on any atom is 0.248 e. The molecule has 1 saturated heterocycles. The summed E-state index contributed by atoms with van der Waals surface area (Å²) in [7, 11) is -3.70. The van der Waals surface area contributed by atoms with E-state index in [2.05, 4.69) is 15.4 Å². The summed E-state index contributed by atoms with van der Waals surface area (Å²) in [4.78, 5) is 31.9. The molecule has 0 unspecified atom stereocenters. The van der Waals surface area contributed by atoms with Crippen LogP contribution in [0.15, 0.2) is 30.0 Å². The molecule has 2 aromatic heterocycles. The van der Waals surface area contributed by atoms with Gasteiger partial charge in [0.15, 0.2) is 11.0 Å². The minimum atomic E-state index is -3.70. The molecule has 3 heterocycles. The standard InChI is InChI=1S/C20H28N6O4S2/c27-18-14-25(32(29,30)15-24-9-4-7-22-24)10-11-26(18)17(13-16-5-2-1-3-6-16)19(28)23-20-21-8-12-31-20/h4,7-9,12,16-17H,1-3,5-6,10-11,13-15H2,(H,21,23,28)/t17-/m0/s1. The lowest BCUT2D eigenvalue weighted by molar-refractivity contribution is -0.142. The first kappa shape index (κ1) is 22.9. The Morgan fingerprint density at radius 2 is 2.03 bits per heavy atom. The van der Waals surface area contributed by atoms with Crippen LogP contribution in [0.1, 0.15) is 38.5 Å². The van der Waals surface area contributed by atoms with E-state index < -0.39 is 16.1 Å². The highest BCUT2D eigenvalue weighted by Gasteiger charge is 2.38. The minimum absolute atomic E-state index is 0.154. The van der Waals surface area contributed by atoms with Gasteiger partial charge in [0.05, 0.1) is 6.54 Å². The number of hydrogen-bond acceptors (Lipinski definition) is 7. The number of nitrogens with zero attached hydrogens (tertiary/aromatic N) is 5. The average molecular weight is 481 g/mol. The van der Waals surface area contributed by atoms with Crippen molar-refractivity contribution < 1.29 is 18.0 Å². The lowest BCUT2D eigenvalue weighted by atomic mass is 9.84. The number of sulfonamides is 1. The van der Waals surface area contributed by atoms with Gasteiger partial charge < -0.3 is 10.2 Å². The quantitative estimate of drug-likeness (QED) is 0.615. The lowest BCUT2D eigenvalue weighted by Crippen LogP contribution is -2.58. The molecule has 2 fully saturated rings. The van der Waals surface area contributed by atoms with Crippen LogP contribution in [0.2, 0.25) is 0 Å². The second-order valence-corrected chi connectivity index (χ2v) is 11.1. The number of carbonyl (C=O) groups excluding carboxylic acids is 2. The zero-order chi connectivity index (χ0) is 22.6. The Kier molecular flexibility index (Phi) is 7.21. The van der Waals surface area contributed by atoms with Gasteiger partial charge >= 0.3 is 0 Å². The monoisotopic (exact) mass is 480 g/mol. The molecule has 4 rings (SSSR count). The molecule has 10 nitrogen and oxygen atoms in total. The molecule has 0 aromatic carbocycles. The largest absolute Gasteiger partial charge is 0.328 e. The number of piperazine rings is 1. The fourth-order valence-electron chi connectivity index (χ4n) is 4.45. The third kappa shape index (κ3) is 5.54. The van der Waals surface area contributed by atoms with Gasteiger partial charge in [-0.3, -0.25) is 14.3 Å². The van der Waals surface area contributed by atoms with Crippen molar-refractivity contribution >= 4 is 38.3 Å². The van der Waals surface area contributed by atoms with Crippen LogP contribution >= 0.6 is 11.3 Å². The summed E-state index contributed by atoms with van der Waals surface area (Å²) in [5.41, 5.74) is 0. The normalized spacial score (nSPS) is 19.8. The van der Waals surface area contributed by atoms with Gasteiger partial charge in [-0.25, -0.2) is 13.4 Å². The Bertz CT molecular complexity index is 1000. The third-order valence-electron chi connectivity index (χ3n) is 6.09. The van der Waals surface area contributed by atoms with Crippen LogP contribution in [0.4, 0.5) is 5.13 Å². The van der Waals surface area contributed by atoms with E-state index in [-0.39, 0.29) is 37.3 Å². The molecule has 2 amide bonds. The zero-order valence-corrected chi connectivity index (χ0v) is 19.4. The number of rotatable bonds is 8. The zero-order valence-electron chi connectivity index (χ0n) is 17.8. The summed E-state index contributed by atoms with van der Waals surface area (Å²) >= 11 is 1.33.